The molecular weight excluding hydrogens is 419 g/mol. The van der Waals surface area contributed by atoms with E-state index in [1.165, 1.54) is 7.14 Å². The molecule has 5 heteroatoms. The molecule has 130 valence electrons. The van der Waals surface area contributed by atoms with Crippen molar-refractivity contribution in [1.82, 2.24) is 0 Å². The van der Waals surface area contributed by atoms with Crippen molar-refractivity contribution >= 4 is 0 Å². The monoisotopic (exact) mass is 443 g/mol. The molecule has 0 amide bonds. The molecule has 24 heavy (non-hydrogen) atoms. The highest BCUT2D eigenvalue weighted by Crippen LogP contribution is 2.08. The zero-order valence-electron chi connectivity index (χ0n) is 13.9. The molecule has 0 bridgehead atoms. The van der Waals surface area contributed by atoms with E-state index < -0.39 is 0 Å². The van der Waals surface area contributed by atoms with Crippen molar-refractivity contribution in [2.45, 2.75) is 0 Å². The first kappa shape index (κ1) is 19.2. The summed E-state index contributed by atoms with van der Waals surface area (Å²) in [4.78, 5) is 0. The standard InChI is InChI=1S/C19H24IO4/c1-21-11-12-22-13-14-23-15-16-24-19-10-6-5-9-18(19)20-17-7-3-2-4-8-17/h2-10H,11-16H2,1H3/q+1. The molecule has 4 nitrogen and oxygen atoms in total. The second-order valence-electron chi connectivity index (χ2n) is 4.89. The maximum Gasteiger partial charge on any atom is 0.362 e. The van der Waals surface area contributed by atoms with Crippen molar-refractivity contribution in [3.63, 3.8) is 0 Å². The molecule has 0 atom stereocenters. The van der Waals surface area contributed by atoms with Gasteiger partial charge in [0.25, 0.3) is 0 Å². The molecular formula is C19H24IO4+. The lowest BCUT2D eigenvalue weighted by molar-refractivity contribution is -0.598. The summed E-state index contributed by atoms with van der Waals surface area (Å²) in [6, 6.07) is 18.8. The number of para-hydroxylation sites is 1. The highest BCUT2D eigenvalue weighted by molar-refractivity contribution is 5.20. The minimum Gasteiger partial charge on any atom is -0.486 e. The van der Waals surface area contributed by atoms with Crippen molar-refractivity contribution in [1.29, 1.82) is 0 Å². The van der Waals surface area contributed by atoms with Crippen LogP contribution in [0.25, 0.3) is 0 Å². The van der Waals surface area contributed by atoms with Crippen LogP contribution in [0.4, 0.5) is 0 Å². The van der Waals surface area contributed by atoms with Crippen molar-refractivity contribution in [2.75, 3.05) is 46.8 Å². The first-order valence-corrected chi connectivity index (χ1v) is 10.1. The van der Waals surface area contributed by atoms with Crippen molar-refractivity contribution < 1.29 is 40.2 Å². The van der Waals surface area contributed by atoms with Crippen LogP contribution in [0, 0.1) is 7.14 Å². The lowest BCUT2D eigenvalue weighted by Crippen LogP contribution is -3.61. The van der Waals surface area contributed by atoms with Crippen LogP contribution >= 0.6 is 0 Å². The molecule has 0 heterocycles. The van der Waals surface area contributed by atoms with Gasteiger partial charge in [-0.15, -0.1) is 0 Å². The molecule has 2 aromatic rings. The van der Waals surface area contributed by atoms with Gasteiger partial charge in [-0.05, 0) is 24.3 Å². The van der Waals surface area contributed by atoms with Gasteiger partial charge in [-0.1, -0.05) is 30.3 Å². The Labute approximate surface area is 154 Å². The van der Waals surface area contributed by atoms with Crippen LogP contribution in [0.2, 0.25) is 0 Å². The molecule has 2 rings (SSSR count). The Morgan fingerprint density at radius 2 is 1.33 bits per heavy atom. The molecule has 0 fully saturated rings. The number of halogens is 1. The predicted molar refractivity (Wildman–Crippen MR) is 89.3 cm³/mol. The molecule has 0 aliphatic rings. The van der Waals surface area contributed by atoms with Gasteiger partial charge in [0, 0.05) is 7.11 Å². The maximum absolute atomic E-state index is 5.90. The van der Waals surface area contributed by atoms with Crippen LogP contribution in [0.1, 0.15) is 0 Å². The van der Waals surface area contributed by atoms with E-state index >= 15 is 0 Å². The third-order valence-electron chi connectivity index (χ3n) is 3.07. The average Bonchev–Trinajstić information content (AvgIpc) is 2.62. The van der Waals surface area contributed by atoms with Gasteiger partial charge in [0.05, 0.1) is 33.0 Å². The van der Waals surface area contributed by atoms with Crippen LogP contribution in [-0.2, 0) is 14.2 Å². The fourth-order valence-corrected chi connectivity index (χ4v) is 4.34. The second-order valence-corrected chi connectivity index (χ2v) is 7.83. The van der Waals surface area contributed by atoms with E-state index in [1.807, 2.05) is 18.2 Å². The summed E-state index contributed by atoms with van der Waals surface area (Å²) in [5.41, 5.74) is 0. The lowest BCUT2D eigenvalue weighted by atomic mass is 10.3. The van der Waals surface area contributed by atoms with Gasteiger partial charge in [-0.3, -0.25) is 0 Å². The number of rotatable bonds is 12. The third kappa shape index (κ3) is 7.61. The Balaban J connectivity index is 1.67. The number of hydrogen-bond donors (Lipinski definition) is 0. The molecule has 0 aromatic heterocycles. The van der Waals surface area contributed by atoms with E-state index in [0.29, 0.717) is 39.6 Å². The molecule has 0 spiro atoms. The summed E-state index contributed by atoms with van der Waals surface area (Å²) in [6.07, 6.45) is 0. The maximum atomic E-state index is 5.90. The fourth-order valence-electron chi connectivity index (χ4n) is 1.91. The van der Waals surface area contributed by atoms with Crippen molar-refractivity contribution in [3.05, 3.63) is 61.7 Å². The molecule has 0 saturated carbocycles. The van der Waals surface area contributed by atoms with Gasteiger partial charge in [0.1, 0.15) is 6.61 Å². The minimum atomic E-state index is -0.229. The highest BCUT2D eigenvalue weighted by Gasteiger charge is 2.20. The quantitative estimate of drug-likeness (QED) is 0.339. The van der Waals surface area contributed by atoms with Crippen LogP contribution in [0.5, 0.6) is 5.75 Å². The molecule has 0 unspecified atom stereocenters. The van der Waals surface area contributed by atoms with Crippen molar-refractivity contribution in [3.8, 4) is 5.75 Å². The van der Waals surface area contributed by atoms with Crippen LogP contribution in [-0.4, -0.2) is 46.8 Å². The molecule has 0 aliphatic carbocycles. The molecule has 0 aliphatic heterocycles. The predicted octanol–water partition coefficient (Wildman–Crippen LogP) is -0.127. The normalized spacial score (nSPS) is 10.7. The first-order chi connectivity index (χ1) is 11.9. The molecule has 0 saturated heterocycles. The smallest absolute Gasteiger partial charge is 0.362 e. The summed E-state index contributed by atoms with van der Waals surface area (Å²) in [5, 5.41) is 0. The van der Waals surface area contributed by atoms with E-state index in [9.17, 15) is 0 Å². The molecule has 0 N–H and O–H groups in total. The molecule has 0 radical (unpaired) electrons. The third-order valence-corrected chi connectivity index (χ3v) is 5.88. The number of methoxy groups -OCH3 is 1. The van der Waals surface area contributed by atoms with Crippen LogP contribution in [0.15, 0.2) is 54.6 Å². The van der Waals surface area contributed by atoms with E-state index in [2.05, 4.69) is 36.4 Å². The largest absolute Gasteiger partial charge is 0.486 e. The Morgan fingerprint density at radius 1 is 0.708 bits per heavy atom. The van der Waals surface area contributed by atoms with Gasteiger partial charge >= 0.3 is 21.2 Å². The summed E-state index contributed by atoms with van der Waals surface area (Å²) in [7, 11) is 1.66. The van der Waals surface area contributed by atoms with E-state index in [4.69, 9.17) is 18.9 Å². The SMILES string of the molecule is COCCOCCOCCOc1ccccc1[I+]c1ccccc1. The lowest BCUT2D eigenvalue weighted by Gasteiger charge is -2.07. The second kappa shape index (κ2) is 12.2. The summed E-state index contributed by atoms with van der Waals surface area (Å²) >= 11 is -0.229. The summed E-state index contributed by atoms with van der Waals surface area (Å²) in [6.45, 7) is 3.49. The zero-order chi connectivity index (χ0) is 16.9. The summed E-state index contributed by atoms with van der Waals surface area (Å²) in [5.74, 6) is 0.967. The highest BCUT2D eigenvalue weighted by atomic mass is 127. The first-order valence-electron chi connectivity index (χ1n) is 7.96. The fraction of sp³-hybridized carbons (Fsp3) is 0.368. The molecule has 2 aromatic carbocycles. The minimum absolute atomic E-state index is 0.229. The van der Waals surface area contributed by atoms with Crippen molar-refractivity contribution in [2.24, 2.45) is 0 Å². The van der Waals surface area contributed by atoms with Gasteiger partial charge in [0.15, 0.2) is 9.32 Å². The summed E-state index contributed by atoms with van der Waals surface area (Å²) < 4.78 is 24.3. The Bertz CT molecular complexity index is 562. The topological polar surface area (TPSA) is 36.9 Å². The van der Waals surface area contributed by atoms with Gasteiger partial charge < -0.3 is 18.9 Å². The Hall–Kier alpha value is -1.15. The van der Waals surface area contributed by atoms with Gasteiger partial charge in [-0.2, -0.15) is 0 Å². The van der Waals surface area contributed by atoms with E-state index in [0.717, 1.165) is 5.75 Å². The van der Waals surface area contributed by atoms with Gasteiger partial charge in [0.2, 0.25) is 3.57 Å². The van der Waals surface area contributed by atoms with E-state index in [-0.39, 0.29) is 21.2 Å². The number of ether oxygens (including phenoxy) is 4. The number of hydrogen-bond acceptors (Lipinski definition) is 4. The Kier molecular flexibility index (Phi) is 9.79. The van der Waals surface area contributed by atoms with Crippen LogP contribution in [0.3, 0.4) is 0 Å². The Morgan fingerprint density at radius 3 is 2.08 bits per heavy atom. The average molecular weight is 443 g/mol. The van der Waals surface area contributed by atoms with Gasteiger partial charge in [-0.25, -0.2) is 0 Å². The number of benzene rings is 2. The zero-order valence-corrected chi connectivity index (χ0v) is 16.1. The van der Waals surface area contributed by atoms with E-state index in [1.54, 1.807) is 7.11 Å². The van der Waals surface area contributed by atoms with Crippen LogP contribution < -0.4 is 25.9 Å².